The van der Waals surface area contributed by atoms with Crippen molar-refractivity contribution in [1.82, 2.24) is 9.97 Å². The van der Waals surface area contributed by atoms with Gasteiger partial charge in [-0.25, -0.2) is 9.97 Å². The molecular formula is C15H24ClN3. The van der Waals surface area contributed by atoms with Gasteiger partial charge in [0.25, 0.3) is 0 Å². The molecule has 1 aromatic rings. The topological polar surface area (TPSA) is 29.0 Å². The second kappa shape index (κ2) is 6.08. The van der Waals surface area contributed by atoms with E-state index in [1.54, 1.807) is 0 Å². The summed E-state index contributed by atoms with van der Waals surface area (Å²) in [5.41, 5.74) is 1.02. The first-order valence-corrected chi connectivity index (χ1v) is 7.70. The number of aromatic nitrogens is 2. The van der Waals surface area contributed by atoms with E-state index in [9.17, 15) is 0 Å². The zero-order chi connectivity index (χ0) is 14.0. The van der Waals surface area contributed by atoms with Crippen molar-refractivity contribution >= 4 is 17.4 Å². The fourth-order valence-electron chi connectivity index (χ4n) is 2.32. The standard InChI is InChI=1S/C15H24ClN3/c1-5-6-13-17-14(16)11(4)15(18-13)19(9-10(2)3)12-7-8-12/h10,12H,5-9H2,1-4H3. The molecule has 1 saturated carbocycles. The molecule has 1 heterocycles. The van der Waals surface area contributed by atoms with Crippen LogP contribution in [-0.2, 0) is 6.42 Å². The Morgan fingerprint density at radius 3 is 2.53 bits per heavy atom. The van der Waals surface area contributed by atoms with E-state index in [-0.39, 0.29) is 0 Å². The number of rotatable bonds is 6. The van der Waals surface area contributed by atoms with E-state index in [2.05, 4.69) is 30.7 Å². The summed E-state index contributed by atoms with van der Waals surface area (Å²) in [6, 6.07) is 0.654. The Labute approximate surface area is 121 Å². The van der Waals surface area contributed by atoms with Crippen molar-refractivity contribution < 1.29 is 0 Å². The molecular weight excluding hydrogens is 258 g/mol. The lowest BCUT2D eigenvalue weighted by Crippen LogP contribution is -2.31. The number of anilines is 1. The third kappa shape index (κ3) is 3.59. The van der Waals surface area contributed by atoms with Crippen LogP contribution in [0.5, 0.6) is 0 Å². The molecule has 4 heteroatoms. The van der Waals surface area contributed by atoms with Crippen LogP contribution in [0.2, 0.25) is 5.15 Å². The summed E-state index contributed by atoms with van der Waals surface area (Å²) >= 11 is 6.28. The van der Waals surface area contributed by atoms with Crippen LogP contribution in [0.3, 0.4) is 0 Å². The highest BCUT2D eigenvalue weighted by Gasteiger charge is 2.32. The molecule has 19 heavy (non-hydrogen) atoms. The minimum Gasteiger partial charge on any atom is -0.353 e. The van der Waals surface area contributed by atoms with Gasteiger partial charge in [0.15, 0.2) is 0 Å². The van der Waals surface area contributed by atoms with Gasteiger partial charge in [0.05, 0.1) is 0 Å². The highest BCUT2D eigenvalue weighted by Crippen LogP contribution is 2.34. The van der Waals surface area contributed by atoms with Crippen LogP contribution in [0.15, 0.2) is 0 Å². The molecule has 2 rings (SSSR count). The molecule has 0 aliphatic heterocycles. The molecule has 1 aliphatic carbocycles. The van der Waals surface area contributed by atoms with E-state index in [0.717, 1.165) is 36.6 Å². The number of nitrogens with zero attached hydrogens (tertiary/aromatic N) is 3. The van der Waals surface area contributed by atoms with Crippen molar-refractivity contribution in [1.29, 1.82) is 0 Å². The Hall–Kier alpha value is -0.830. The number of hydrogen-bond acceptors (Lipinski definition) is 3. The molecule has 0 radical (unpaired) electrons. The monoisotopic (exact) mass is 281 g/mol. The Balaban J connectivity index is 2.34. The summed E-state index contributed by atoms with van der Waals surface area (Å²) in [6.45, 7) is 9.72. The van der Waals surface area contributed by atoms with Gasteiger partial charge in [-0.2, -0.15) is 0 Å². The Bertz CT molecular complexity index is 441. The van der Waals surface area contributed by atoms with Gasteiger partial charge in [0.1, 0.15) is 16.8 Å². The molecule has 1 aliphatic rings. The van der Waals surface area contributed by atoms with Crippen molar-refractivity contribution in [2.24, 2.45) is 5.92 Å². The summed E-state index contributed by atoms with van der Waals surface area (Å²) in [5, 5.41) is 0.614. The van der Waals surface area contributed by atoms with Crippen LogP contribution in [0.25, 0.3) is 0 Å². The summed E-state index contributed by atoms with van der Waals surface area (Å²) in [7, 11) is 0. The van der Waals surface area contributed by atoms with Gasteiger partial charge in [0, 0.05) is 24.6 Å². The second-order valence-corrected chi connectivity index (χ2v) is 6.26. The van der Waals surface area contributed by atoms with E-state index in [4.69, 9.17) is 16.6 Å². The van der Waals surface area contributed by atoms with Crippen molar-refractivity contribution in [3.63, 3.8) is 0 Å². The minimum atomic E-state index is 0.614. The van der Waals surface area contributed by atoms with Crippen molar-refractivity contribution in [2.45, 2.75) is 59.4 Å². The lowest BCUT2D eigenvalue weighted by atomic mass is 10.2. The Kier molecular flexibility index (Phi) is 4.67. The summed E-state index contributed by atoms with van der Waals surface area (Å²) in [6.07, 6.45) is 4.49. The van der Waals surface area contributed by atoms with Crippen LogP contribution >= 0.6 is 11.6 Å². The Morgan fingerprint density at radius 2 is 2.00 bits per heavy atom. The van der Waals surface area contributed by atoms with E-state index >= 15 is 0 Å². The molecule has 0 atom stereocenters. The van der Waals surface area contributed by atoms with Crippen LogP contribution in [-0.4, -0.2) is 22.6 Å². The fraction of sp³-hybridized carbons (Fsp3) is 0.733. The lowest BCUT2D eigenvalue weighted by Gasteiger charge is -2.27. The van der Waals surface area contributed by atoms with Crippen LogP contribution in [0.1, 0.15) is 51.4 Å². The van der Waals surface area contributed by atoms with Crippen molar-refractivity contribution in [3.8, 4) is 0 Å². The first-order valence-electron chi connectivity index (χ1n) is 7.32. The molecule has 0 amide bonds. The molecule has 3 nitrogen and oxygen atoms in total. The summed E-state index contributed by atoms with van der Waals surface area (Å²) in [5.74, 6) is 2.56. The van der Waals surface area contributed by atoms with Crippen molar-refractivity contribution in [3.05, 3.63) is 16.5 Å². The van der Waals surface area contributed by atoms with Gasteiger partial charge in [0.2, 0.25) is 0 Å². The SMILES string of the molecule is CCCc1nc(Cl)c(C)c(N(CC(C)C)C2CC2)n1. The third-order valence-electron chi connectivity index (χ3n) is 3.40. The average Bonchev–Trinajstić information content (AvgIpc) is 3.15. The smallest absolute Gasteiger partial charge is 0.137 e. The molecule has 0 aromatic carbocycles. The normalized spacial score (nSPS) is 15.1. The highest BCUT2D eigenvalue weighted by molar-refractivity contribution is 6.30. The predicted octanol–water partition coefficient (Wildman–Crippen LogP) is 4.02. The molecule has 0 unspecified atom stereocenters. The maximum Gasteiger partial charge on any atom is 0.137 e. The summed E-state index contributed by atoms with van der Waals surface area (Å²) < 4.78 is 0. The molecule has 1 aromatic heterocycles. The molecule has 0 bridgehead atoms. The Morgan fingerprint density at radius 1 is 1.32 bits per heavy atom. The number of hydrogen-bond donors (Lipinski definition) is 0. The second-order valence-electron chi connectivity index (χ2n) is 5.91. The van der Waals surface area contributed by atoms with Gasteiger partial charge in [-0.1, -0.05) is 32.4 Å². The van der Waals surface area contributed by atoms with Gasteiger partial charge < -0.3 is 4.90 Å². The van der Waals surface area contributed by atoms with Crippen LogP contribution < -0.4 is 4.90 Å². The first-order chi connectivity index (χ1) is 9.02. The molecule has 106 valence electrons. The van der Waals surface area contributed by atoms with E-state index < -0.39 is 0 Å². The van der Waals surface area contributed by atoms with E-state index in [1.165, 1.54) is 12.8 Å². The zero-order valence-electron chi connectivity index (χ0n) is 12.4. The molecule has 0 saturated heterocycles. The van der Waals surface area contributed by atoms with Gasteiger partial charge in [-0.05, 0) is 32.1 Å². The van der Waals surface area contributed by atoms with E-state index in [1.807, 2.05) is 6.92 Å². The molecule has 0 spiro atoms. The quantitative estimate of drug-likeness (QED) is 0.738. The summed E-state index contributed by atoms with van der Waals surface area (Å²) in [4.78, 5) is 11.6. The lowest BCUT2D eigenvalue weighted by molar-refractivity contribution is 0.599. The fourth-order valence-corrected chi connectivity index (χ4v) is 2.51. The predicted molar refractivity (Wildman–Crippen MR) is 81.0 cm³/mol. The number of aryl methyl sites for hydroxylation is 1. The van der Waals surface area contributed by atoms with E-state index in [0.29, 0.717) is 17.1 Å². The van der Waals surface area contributed by atoms with Gasteiger partial charge >= 0.3 is 0 Å². The first kappa shape index (κ1) is 14.6. The number of halogens is 1. The maximum absolute atomic E-state index is 6.28. The largest absolute Gasteiger partial charge is 0.353 e. The third-order valence-corrected chi connectivity index (χ3v) is 3.77. The van der Waals surface area contributed by atoms with Gasteiger partial charge in [-0.15, -0.1) is 0 Å². The molecule has 0 N–H and O–H groups in total. The maximum atomic E-state index is 6.28. The van der Waals surface area contributed by atoms with Crippen LogP contribution in [0.4, 0.5) is 5.82 Å². The van der Waals surface area contributed by atoms with Crippen LogP contribution in [0, 0.1) is 12.8 Å². The van der Waals surface area contributed by atoms with Gasteiger partial charge in [-0.3, -0.25) is 0 Å². The highest BCUT2D eigenvalue weighted by atomic mass is 35.5. The minimum absolute atomic E-state index is 0.614. The molecule has 1 fully saturated rings. The zero-order valence-corrected chi connectivity index (χ0v) is 13.2. The average molecular weight is 282 g/mol. The van der Waals surface area contributed by atoms with Crippen molar-refractivity contribution in [2.75, 3.05) is 11.4 Å².